The molecule has 0 bridgehead atoms. The Morgan fingerprint density at radius 2 is 2.10 bits per heavy atom. The Hall–Kier alpha value is -0.130. The maximum Gasteiger partial charge on any atom is 0.0320 e. The van der Waals surface area contributed by atoms with Crippen molar-refractivity contribution in [2.75, 3.05) is 19.6 Å². The molecule has 1 aliphatic heterocycles. The van der Waals surface area contributed by atoms with E-state index in [0.29, 0.717) is 12.1 Å². The minimum atomic E-state index is 0.515. The first-order valence-electron chi connectivity index (χ1n) is 7.93. The van der Waals surface area contributed by atoms with Gasteiger partial charge in [-0.15, -0.1) is 0 Å². The highest BCUT2D eigenvalue weighted by molar-refractivity contribution is 14.1. The molecule has 2 rings (SSSR count). The van der Waals surface area contributed by atoms with Crippen LogP contribution in [0.2, 0.25) is 0 Å². The van der Waals surface area contributed by atoms with Crippen LogP contribution >= 0.6 is 22.6 Å². The molecule has 1 N–H and O–H groups in total. The SMILES string of the molecule is CCCCN(CC1CCCN1)C(C)c1ccc(I)cc1. The fourth-order valence-electron chi connectivity index (χ4n) is 2.95. The van der Waals surface area contributed by atoms with E-state index in [9.17, 15) is 0 Å². The first-order chi connectivity index (χ1) is 9.70. The zero-order chi connectivity index (χ0) is 14.4. The van der Waals surface area contributed by atoms with Crippen molar-refractivity contribution < 1.29 is 0 Å². The molecule has 1 aliphatic rings. The van der Waals surface area contributed by atoms with Crippen molar-refractivity contribution in [1.82, 2.24) is 10.2 Å². The molecular weight excluding hydrogens is 359 g/mol. The molecule has 0 aliphatic carbocycles. The fraction of sp³-hybridized carbons (Fsp3) is 0.647. The van der Waals surface area contributed by atoms with Gasteiger partial charge in [0.15, 0.2) is 0 Å². The molecule has 3 heteroatoms. The highest BCUT2D eigenvalue weighted by atomic mass is 127. The zero-order valence-electron chi connectivity index (χ0n) is 12.7. The van der Waals surface area contributed by atoms with Crippen molar-refractivity contribution in [3.8, 4) is 0 Å². The van der Waals surface area contributed by atoms with E-state index in [1.54, 1.807) is 0 Å². The number of hydrogen-bond acceptors (Lipinski definition) is 2. The van der Waals surface area contributed by atoms with Crippen molar-refractivity contribution in [2.45, 2.75) is 51.6 Å². The van der Waals surface area contributed by atoms with E-state index in [-0.39, 0.29) is 0 Å². The maximum atomic E-state index is 3.64. The molecule has 0 radical (unpaired) electrons. The minimum Gasteiger partial charge on any atom is -0.313 e. The molecule has 1 aromatic carbocycles. The summed E-state index contributed by atoms with van der Waals surface area (Å²) in [5.41, 5.74) is 1.44. The van der Waals surface area contributed by atoms with Crippen LogP contribution in [-0.4, -0.2) is 30.6 Å². The van der Waals surface area contributed by atoms with Crippen molar-refractivity contribution in [3.05, 3.63) is 33.4 Å². The van der Waals surface area contributed by atoms with Crippen molar-refractivity contribution in [1.29, 1.82) is 0 Å². The second kappa shape index (κ2) is 8.35. The van der Waals surface area contributed by atoms with Gasteiger partial charge in [-0.3, -0.25) is 4.90 Å². The van der Waals surface area contributed by atoms with Gasteiger partial charge in [-0.2, -0.15) is 0 Å². The molecule has 1 heterocycles. The Kier molecular flexibility index (Phi) is 6.78. The summed E-state index contributed by atoms with van der Waals surface area (Å²) < 4.78 is 1.32. The van der Waals surface area contributed by atoms with Gasteiger partial charge in [-0.05, 0) is 79.6 Å². The normalized spacial score (nSPS) is 20.5. The second-order valence-electron chi connectivity index (χ2n) is 5.87. The molecule has 20 heavy (non-hydrogen) atoms. The second-order valence-corrected chi connectivity index (χ2v) is 7.11. The number of halogens is 1. The lowest BCUT2D eigenvalue weighted by atomic mass is 10.1. The van der Waals surface area contributed by atoms with Gasteiger partial charge >= 0.3 is 0 Å². The number of rotatable bonds is 7. The smallest absolute Gasteiger partial charge is 0.0320 e. The number of nitrogens with zero attached hydrogens (tertiary/aromatic N) is 1. The summed E-state index contributed by atoms with van der Waals surface area (Å²) in [4.78, 5) is 2.66. The predicted octanol–water partition coefficient (Wildman–Crippen LogP) is 4.21. The molecule has 1 aromatic rings. The van der Waals surface area contributed by atoms with E-state index in [4.69, 9.17) is 0 Å². The van der Waals surface area contributed by atoms with E-state index in [2.05, 4.69) is 70.9 Å². The molecule has 1 fully saturated rings. The minimum absolute atomic E-state index is 0.515. The van der Waals surface area contributed by atoms with Crippen LogP contribution in [0.25, 0.3) is 0 Å². The summed E-state index contributed by atoms with van der Waals surface area (Å²) in [7, 11) is 0. The largest absolute Gasteiger partial charge is 0.313 e. The van der Waals surface area contributed by atoms with Gasteiger partial charge < -0.3 is 5.32 Å². The Morgan fingerprint density at radius 1 is 1.35 bits per heavy atom. The van der Waals surface area contributed by atoms with E-state index in [0.717, 1.165) is 0 Å². The van der Waals surface area contributed by atoms with Crippen LogP contribution in [0.5, 0.6) is 0 Å². The lowest BCUT2D eigenvalue weighted by Gasteiger charge is -2.32. The van der Waals surface area contributed by atoms with Gasteiger partial charge in [0.1, 0.15) is 0 Å². The fourth-order valence-corrected chi connectivity index (χ4v) is 3.31. The molecule has 0 spiro atoms. The number of hydrogen-bond donors (Lipinski definition) is 1. The highest BCUT2D eigenvalue weighted by Gasteiger charge is 2.21. The summed E-state index contributed by atoms with van der Waals surface area (Å²) in [6.45, 7) is 8.23. The van der Waals surface area contributed by atoms with Crippen molar-refractivity contribution in [3.63, 3.8) is 0 Å². The molecule has 2 unspecified atom stereocenters. The Balaban J connectivity index is 2.01. The summed E-state index contributed by atoms with van der Waals surface area (Å²) in [6.07, 6.45) is 5.24. The Labute approximate surface area is 137 Å². The number of unbranched alkanes of at least 4 members (excludes halogenated alkanes) is 1. The molecule has 0 saturated carbocycles. The van der Waals surface area contributed by atoms with Gasteiger partial charge in [-0.1, -0.05) is 25.5 Å². The average Bonchev–Trinajstić information content (AvgIpc) is 2.96. The topological polar surface area (TPSA) is 15.3 Å². The molecule has 2 atom stereocenters. The van der Waals surface area contributed by atoms with Gasteiger partial charge in [-0.25, -0.2) is 0 Å². The summed E-state index contributed by atoms with van der Waals surface area (Å²) in [6, 6.07) is 10.2. The van der Waals surface area contributed by atoms with Gasteiger partial charge in [0.2, 0.25) is 0 Å². The van der Waals surface area contributed by atoms with Crippen molar-refractivity contribution >= 4 is 22.6 Å². The third kappa shape index (κ3) is 4.71. The molecule has 112 valence electrons. The number of nitrogens with one attached hydrogen (secondary N) is 1. The predicted molar refractivity (Wildman–Crippen MR) is 95.1 cm³/mol. The summed E-state index contributed by atoms with van der Waals surface area (Å²) in [5, 5.41) is 3.64. The van der Waals surface area contributed by atoms with Crippen LogP contribution in [0.1, 0.15) is 51.1 Å². The molecule has 0 aromatic heterocycles. The van der Waals surface area contributed by atoms with Crippen LogP contribution in [0.15, 0.2) is 24.3 Å². The lowest BCUT2D eigenvalue weighted by Crippen LogP contribution is -2.39. The zero-order valence-corrected chi connectivity index (χ0v) is 14.9. The third-order valence-electron chi connectivity index (χ3n) is 4.32. The lowest BCUT2D eigenvalue weighted by molar-refractivity contribution is 0.189. The Bertz CT molecular complexity index is 384. The van der Waals surface area contributed by atoms with E-state index >= 15 is 0 Å². The summed E-state index contributed by atoms with van der Waals surface area (Å²) >= 11 is 2.38. The third-order valence-corrected chi connectivity index (χ3v) is 5.04. The van der Waals surface area contributed by atoms with Gasteiger partial charge in [0.05, 0.1) is 0 Å². The van der Waals surface area contributed by atoms with Crippen LogP contribution in [-0.2, 0) is 0 Å². The maximum absolute atomic E-state index is 3.64. The first kappa shape index (κ1) is 16.2. The highest BCUT2D eigenvalue weighted by Crippen LogP contribution is 2.23. The van der Waals surface area contributed by atoms with E-state index in [1.807, 2.05) is 0 Å². The monoisotopic (exact) mass is 386 g/mol. The van der Waals surface area contributed by atoms with E-state index in [1.165, 1.54) is 54.5 Å². The first-order valence-corrected chi connectivity index (χ1v) is 9.01. The molecule has 0 amide bonds. The van der Waals surface area contributed by atoms with Crippen LogP contribution < -0.4 is 5.32 Å². The summed E-state index contributed by atoms with van der Waals surface area (Å²) in [5.74, 6) is 0. The Morgan fingerprint density at radius 3 is 2.70 bits per heavy atom. The molecular formula is C17H27IN2. The quantitative estimate of drug-likeness (QED) is 0.707. The average molecular weight is 386 g/mol. The van der Waals surface area contributed by atoms with Crippen LogP contribution in [0.3, 0.4) is 0 Å². The van der Waals surface area contributed by atoms with Crippen molar-refractivity contribution in [2.24, 2.45) is 0 Å². The van der Waals surface area contributed by atoms with E-state index < -0.39 is 0 Å². The van der Waals surface area contributed by atoms with Crippen LogP contribution in [0.4, 0.5) is 0 Å². The van der Waals surface area contributed by atoms with Gasteiger partial charge in [0, 0.05) is 22.2 Å². The molecule has 1 saturated heterocycles. The standard InChI is InChI=1S/C17H27IN2/c1-3-4-12-20(13-17-6-5-11-19-17)14(2)15-7-9-16(18)10-8-15/h7-10,14,17,19H,3-6,11-13H2,1-2H3. The molecule has 2 nitrogen and oxygen atoms in total. The van der Waals surface area contributed by atoms with Gasteiger partial charge in [0.25, 0.3) is 0 Å². The number of benzene rings is 1. The van der Waals surface area contributed by atoms with Crippen LogP contribution in [0, 0.1) is 3.57 Å².